The van der Waals surface area contributed by atoms with Gasteiger partial charge in [0.2, 0.25) is 0 Å². The summed E-state index contributed by atoms with van der Waals surface area (Å²) in [6.45, 7) is 1.50. The SMILES string of the molecule is CC(=O)c1ccc(NC(=O)c2ccc3nncn3c2)cc1. The topological polar surface area (TPSA) is 76.4 Å². The molecule has 0 atom stereocenters. The molecule has 1 N–H and O–H groups in total. The molecule has 0 aliphatic carbocycles. The summed E-state index contributed by atoms with van der Waals surface area (Å²) >= 11 is 0. The molecule has 1 aromatic carbocycles. The molecule has 0 spiro atoms. The highest BCUT2D eigenvalue weighted by molar-refractivity contribution is 6.04. The van der Waals surface area contributed by atoms with E-state index in [0.717, 1.165) is 0 Å². The number of pyridine rings is 1. The van der Waals surface area contributed by atoms with Crippen molar-refractivity contribution in [1.29, 1.82) is 0 Å². The van der Waals surface area contributed by atoms with E-state index in [-0.39, 0.29) is 11.7 Å². The minimum Gasteiger partial charge on any atom is -0.322 e. The summed E-state index contributed by atoms with van der Waals surface area (Å²) in [7, 11) is 0. The Morgan fingerprint density at radius 2 is 1.76 bits per heavy atom. The predicted octanol–water partition coefficient (Wildman–Crippen LogP) is 2.18. The highest BCUT2D eigenvalue weighted by Crippen LogP contribution is 2.12. The number of benzene rings is 1. The van der Waals surface area contributed by atoms with Crippen LogP contribution >= 0.6 is 0 Å². The van der Waals surface area contributed by atoms with Crippen molar-refractivity contribution in [2.45, 2.75) is 6.92 Å². The largest absolute Gasteiger partial charge is 0.322 e. The zero-order chi connectivity index (χ0) is 14.8. The lowest BCUT2D eigenvalue weighted by Gasteiger charge is -2.06. The minimum absolute atomic E-state index is 0.00839. The molecule has 0 saturated carbocycles. The number of Topliss-reactive ketones (excluding diaryl/α,β-unsaturated/α-hetero) is 1. The average Bonchev–Trinajstić information content (AvgIpc) is 2.95. The highest BCUT2D eigenvalue weighted by atomic mass is 16.1. The monoisotopic (exact) mass is 280 g/mol. The fourth-order valence-corrected chi connectivity index (χ4v) is 1.95. The first-order valence-corrected chi connectivity index (χ1v) is 6.35. The summed E-state index contributed by atoms with van der Waals surface area (Å²) in [6.07, 6.45) is 3.20. The maximum absolute atomic E-state index is 12.2. The first kappa shape index (κ1) is 13.0. The van der Waals surface area contributed by atoms with Crippen LogP contribution in [0.5, 0.6) is 0 Å². The number of aromatic nitrogens is 3. The van der Waals surface area contributed by atoms with E-state index in [2.05, 4.69) is 15.5 Å². The van der Waals surface area contributed by atoms with Crippen molar-refractivity contribution >= 4 is 23.0 Å². The van der Waals surface area contributed by atoms with Crippen LogP contribution in [0.25, 0.3) is 5.65 Å². The number of ketones is 1. The summed E-state index contributed by atoms with van der Waals surface area (Å²) in [5.74, 6) is -0.243. The molecular formula is C15H12N4O2. The van der Waals surface area contributed by atoms with Crippen LogP contribution in [0.1, 0.15) is 27.6 Å². The molecule has 0 unspecified atom stereocenters. The van der Waals surface area contributed by atoms with Crippen molar-refractivity contribution in [3.63, 3.8) is 0 Å². The quantitative estimate of drug-likeness (QED) is 0.746. The van der Waals surface area contributed by atoms with E-state index >= 15 is 0 Å². The smallest absolute Gasteiger partial charge is 0.257 e. The second-order valence-corrected chi connectivity index (χ2v) is 4.60. The minimum atomic E-state index is -0.235. The average molecular weight is 280 g/mol. The van der Waals surface area contributed by atoms with E-state index in [9.17, 15) is 9.59 Å². The number of carbonyl (C=O) groups excluding carboxylic acids is 2. The molecule has 6 heteroatoms. The lowest BCUT2D eigenvalue weighted by molar-refractivity contribution is 0.101. The zero-order valence-electron chi connectivity index (χ0n) is 11.3. The molecule has 3 aromatic rings. The molecule has 1 amide bonds. The molecule has 2 heterocycles. The van der Waals surface area contributed by atoms with Crippen molar-refractivity contribution in [2.24, 2.45) is 0 Å². The first-order chi connectivity index (χ1) is 10.1. The summed E-state index contributed by atoms with van der Waals surface area (Å²) in [5, 5.41) is 10.4. The summed E-state index contributed by atoms with van der Waals surface area (Å²) in [5.41, 5.74) is 2.42. The van der Waals surface area contributed by atoms with Crippen LogP contribution in [0.2, 0.25) is 0 Å². The van der Waals surface area contributed by atoms with Gasteiger partial charge in [0.05, 0.1) is 5.56 Å². The Kier molecular flexibility index (Phi) is 3.19. The highest BCUT2D eigenvalue weighted by Gasteiger charge is 2.08. The van der Waals surface area contributed by atoms with Gasteiger partial charge in [0.1, 0.15) is 6.33 Å². The Balaban J connectivity index is 1.80. The Morgan fingerprint density at radius 1 is 1.05 bits per heavy atom. The molecule has 3 rings (SSSR count). The lowest BCUT2D eigenvalue weighted by Crippen LogP contribution is -2.12. The predicted molar refractivity (Wildman–Crippen MR) is 77.4 cm³/mol. The molecule has 2 aromatic heterocycles. The van der Waals surface area contributed by atoms with Crippen molar-refractivity contribution in [1.82, 2.24) is 14.6 Å². The van der Waals surface area contributed by atoms with Crippen LogP contribution in [-0.2, 0) is 0 Å². The summed E-state index contributed by atoms with van der Waals surface area (Å²) < 4.78 is 1.67. The third kappa shape index (κ3) is 2.64. The molecule has 0 fully saturated rings. The summed E-state index contributed by atoms with van der Waals surface area (Å²) in [6, 6.07) is 10.2. The van der Waals surface area contributed by atoms with E-state index in [1.807, 2.05) is 0 Å². The van der Waals surface area contributed by atoms with Gasteiger partial charge in [-0.1, -0.05) is 0 Å². The van der Waals surface area contributed by atoms with Crippen molar-refractivity contribution in [3.05, 3.63) is 60.0 Å². The van der Waals surface area contributed by atoms with Gasteiger partial charge in [0, 0.05) is 17.4 Å². The van der Waals surface area contributed by atoms with Gasteiger partial charge >= 0.3 is 0 Å². The number of nitrogens with one attached hydrogen (secondary N) is 1. The number of fused-ring (bicyclic) bond motifs is 1. The third-order valence-corrected chi connectivity index (χ3v) is 3.10. The molecule has 0 bridgehead atoms. The van der Waals surface area contributed by atoms with Gasteiger partial charge in [0.15, 0.2) is 11.4 Å². The van der Waals surface area contributed by atoms with Gasteiger partial charge in [-0.05, 0) is 43.3 Å². The van der Waals surface area contributed by atoms with Crippen LogP contribution in [0.15, 0.2) is 48.9 Å². The van der Waals surface area contributed by atoms with Crippen LogP contribution < -0.4 is 5.32 Å². The van der Waals surface area contributed by atoms with Crippen LogP contribution in [-0.4, -0.2) is 26.3 Å². The zero-order valence-corrected chi connectivity index (χ0v) is 11.3. The summed E-state index contributed by atoms with van der Waals surface area (Å²) in [4.78, 5) is 23.4. The number of hydrogen-bond donors (Lipinski definition) is 1. The maximum Gasteiger partial charge on any atom is 0.257 e. The van der Waals surface area contributed by atoms with Crippen LogP contribution in [0, 0.1) is 0 Å². The van der Waals surface area contributed by atoms with Crippen molar-refractivity contribution in [2.75, 3.05) is 5.32 Å². The van der Waals surface area contributed by atoms with Gasteiger partial charge in [0.25, 0.3) is 5.91 Å². The number of rotatable bonds is 3. The molecular weight excluding hydrogens is 268 g/mol. The van der Waals surface area contributed by atoms with Crippen molar-refractivity contribution < 1.29 is 9.59 Å². The van der Waals surface area contributed by atoms with Gasteiger partial charge in [-0.15, -0.1) is 10.2 Å². The number of carbonyl (C=O) groups is 2. The second kappa shape index (κ2) is 5.16. The molecule has 104 valence electrons. The Bertz CT molecular complexity index is 821. The first-order valence-electron chi connectivity index (χ1n) is 6.35. The van der Waals surface area contributed by atoms with Gasteiger partial charge in [-0.3, -0.25) is 14.0 Å². The molecule has 21 heavy (non-hydrogen) atoms. The maximum atomic E-state index is 12.2. The van der Waals surface area contributed by atoms with E-state index in [0.29, 0.717) is 22.5 Å². The van der Waals surface area contributed by atoms with Gasteiger partial charge < -0.3 is 5.32 Å². The number of nitrogens with zero attached hydrogens (tertiary/aromatic N) is 3. The van der Waals surface area contributed by atoms with E-state index in [1.54, 1.807) is 47.0 Å². The molecule has 0 aliphatic heterocycles. The normalized spacial score (nSPS) is 10.5. The van der Waals surface area contributed by atoms with Gasteiger partial charge in [-0.2, -0.15) is 0 Å². The van der Waals surface area contributed by atoms with Gasteiger partial charge in [-0.25, -0.2) is 0 Å². The molecule has 6 nitrogen and oxygen atoms in total. The molecule has 0 radical (unpaired) electrons. The Labute approximate surface area is 120 Å². The number of amides is 1. The number of anilines is 1. The third-order valence-electron chi connectivity index (χ3n) is 3.10. The standard InChI is InChI=1S/C15H12N4O2/c1-10(20)11-2-5-13(6-3-11)17-15(21)12-4-7-14-18-16-9-19(14)8-12/h2-9H,1H3,(H,17,21). The molecule has 0 aliphatic rings. The second-order valence-electron chi connectivity index (χ2n) is 4.60. The van der Waals surface area contributed by atoms with Crippen LogP contribution in [0.4, 0.5) is 5.69 Å². The fourth-order valence-electron chi connectivity index (χ4n) is 1.95. The fraction of sp³-hybridized carbons (Fsp3) is 0.0667. The Morgan fingerprint density at radius 3 is 2.48 bits per heavy atom. The van der Waals surface area contributed by atoms with Crippen LogP contribution in [0.3, 0.4) is 0 Å². The van der Waals surface area contributed by atoms with E-state index < -0.39 is 0 Å². The Hall–Kier alpha value is -3.02. The number of hydrogen-bond acceptors (Lipinski definition) is 4. The van der Waals surface area contributed by atoms with E-state index in [4.69, 9.17) is 0 Å². The molecule has 0 saturated heterocycles. The van der Waals surface area contributed by atoms with Crippen molar-refractivity contribution in [3.8, 4) is 0 Å². The van der Waals surface area contributed by atoms with E-state index in [1.165, 1.54) is 13.3 Å². The lowest BCUT2D eigenvalue weighted by atomic mass is 10.1.